The average Bonchev–Trinajstić information content (AvgIpc) is 2.58. The number of aliphatic hydroxyl groups excluding tert-OH is 1. The van der Waals surface area contributed by atoms with Crippen LogP contribution in [0.4, 0.5) is 0 Å². The molecule has 0 aliphatic rings. The standard InChI is InChI=1S/C12H16N2O/c1-12(13,8-15)7-10-6-9-4-2-3-5-11(9)14-10/h2-6,14-15H,7-8,13H2,1H3. The molecule has 0 fully saturated rings. The van der Waals surface area contributed by atoms with Crippen LogP contribution in [0.15, 0.2) is 30.3 Å². The SMILES string of the molecule is CC(N)(CO)Cc1cc2ccccc2[nH]1. The number of aromatic nitrogens is 1. The lowest BCUT2D eigenvalue weighted by Crippen LogP contribution is -2.42. The van der Waals surface area contributed by atoms with Crippen molar-refractivity contribution in [2.75, 3.05) is 6.61 Å². The highest BCUT2D eigenvalue weighted by atomic mass is 16.3. The number of aromatic amines is 1. The molecule has 0 saturated carbocycles. The van der Waals surface area contributed by atoms with Gasteiger partial charge < -0.3 is 15.8 Å². The molecule has 80 valence electrons. The smallest absolute Gasteiger partial charge is 0.0612 e. The predicted molar refractivity (Wildman–Crippen MR) is 61.7 cm³/mol. The molecule has 2 aromatic rings. The van der Waals surface area contributed by atoms with Crippen LogP contribution in [-0.4, -0.2) is 22.2 Å². The first-order chi connectivity index (χ1) is 7.11. The monoisotopic (exact) mass is 204 g/mol. The molecule has 1 heterocycles. The Kier molecular flexibility index (Phi) is 2.50. The summed E-state index contributed by atoms with van der Waals surface area (Å²) < 4.78 is 0. The van der Waals surface area contributed by atoms with E-state index in [1.54, 1.807) is 0 Å². The Bertz CT molecular complexity index is 426. The van der Waals surface area contributed by atoms with Gasteiger partial charge in [0.25, 0.3) is 0 Å². The van der Waals surface area contributed by atoms with Crippen LogP contribution in [0.25, 0.3) is 10.9 Å². The third kappa shape index (κ3) is 2.19. The molecule has 0 saturated heterocycles. The van der Waals surface area contributed by atoms with Crippen LogP contribution in [0.5, 0.6) is 0 Å². The van der Waals surface area contributed by atoms with Crippen molar-refractivity contribution in [3.8, 4) is 0 Å². The van der Waals surface area contributed by atoms with Gasteiger partial charge in [-0.25, -0.2) is 0 Å². The Balaban J connectivity index is 2.30. The zero-order valence-electron chi connectivity index (χ0n) is 8.83. The van der Waals surface area contributed by atoms with Gasteiger partial charge in [0.15, 0.2) is 0 Å². The number of para-hydroxylation sites is 1. The van der Waals surface area contributed by atoms with Gasteiger partial charge in [-0.05, 0) is 24.4 Å². The fraction of sp³-hybridized carbons (Fsp3) is 0.333. The van der Waals surface area contributed by atoms with Crippen LogP contribution in [0.3, 0.4) is 0 Å². The van der Waals surface area contributed by atoms with E-state index in [0.717, 1.165) is 11.2 Å². The summed E-state index contributed by atoms with van der Waals surface area (Å²) in [5.74, 6) is 0. The van der Waals surface area contributed by atoms with Crippen molar-refractivity contribution in [1.82, 2.24) is 4.98 Å². The van der Waals surface area contributed by atoms with Crippen molar-refractivity contribution < 1.29 is 5.11 Å². The zero-order chi connectivity index (χ0) is 10.9. The van der Waals surface area contributed by atoms with Crippen LogP contribution in [-0.2, 0) is 6.42 Å². The van der Waals surface area contributed by atoms with Crippen LogP contribution < -0.4 is 5.73 Å². The van der Waals surface area contributed by atoms with Gasteiger partial charge in [0.05, 0.1) is 6.61 Å². The number of nitrogens with one attached hydrogen (secondary N) is 1. The van der Waals surface area contributed by atoms with Crippen molar-refractivity contribution in [3.63, 3.8) is 0 Å². The fourth-order valence-corrected chi connectivity index (χ4v) is 1.72. The normalized spacial score (nSPS) is 15.4. The molecule has 0 amide bonds. The molecule has 0 aliphatic carbocycles. The number of rotatable bonds is 3. The molecule has 1 aromatic heterocycles. The highest BCUT2D eigenvalue weighted by molar-refractivity contribution is 5.80. The molecule has 0 spiro atoms. The van der Waals surface area contributed by atoms with Gasteiger partial charge in [-0.3, -0.25) is 0 Å². The van der Waals surface area contributed by atoms with Crippen molar-refractivity contribution in [2.45, 2.75) is 18.9 Å². The van der Waals surface area contributed by atoms with Gasteiger partial charge >= 0.3 is 0 Å². The minimum absolute atomic E-state index is 0.0115. The van der Waals surface area contributed by atoms with E-state index in [9.17, 15) is 0 Å². The second kappa shape index (κ2) is 3.68. The molecule has 1 unspecified atom stereocenters. The molecule has 0 radical (unpaired) electrons. The lowest BCUT2D eigenvalue weighted by Gasteiger charge is -2.20. The Morgan fingerprint density at radius 1 is 1.40 bits per heavy atom. The first-order valence-corrected chi connectivity index (χ1v) is 5.07. The number of H-pyrrole nitrogens is 1. The molecule has 0 bridgehead atoms. The molecule has 0 aliphatic heterocycles. The molecular weight excluding hydrogens is 188 g/mol. The summed E-state index contributed by atoms with van der Waals surface area (Å²) in [6.07, 6.45) is 0.651. The number of hydrogen-bond donors (Lipinski definition) is 3. The summed E-state index contributed by atoms with van der Waals surface area (Å²) in [6.45, 7) is 1.83. The summed E-state index contributed by atoms with van der Waals surface area (Å²) in [7, 11) is 0. The lowest BCUT2D eigenvalue weighted by atomic mass is 9.98. The molecule has 1 aromatic carbocycles. The van der Waals surface area contributed by atoms with E-state index in [-0.39, 0.29) is 6.61 Å². The number of fused-ring (bicyclic) bond motifs is 1. The second-order valence-electron chi connectivity index (χ2n) is 4.37. The van der Waals surface area contributed by atoms with Gasteiger partial charge in [0.1, 0.15) is 0 Å². The fourth-order valence-electron chi connectivity index (χ4n) is 1.72. The minimum Gasteiger partial charge on any atom is -0.394 e. The second-order valence-corrected chi connectivity index (χ2v) is 4.37. The number of nitrogens with two attached hydrogens (primary N) is 1. The summed E-state index contributed by atoms with van der Waals surface area (Å²) in [6, 6.07) is 10.2. The predicted octanol–water partition coefficient (Wildman–Crippen LogP) is 1.42. The van der Waals surface area contributed by atoms with Crippen molar-refractivity contribution in [2.24, 2.45) is 5.73 Å². The topological polar surface area (TPSA) is 62.0 Å². The molecule has 3 nitrogen and oxygen atoms in total. The maximum Gasteiger partial charge on any atom is 0.0612 e. The van der Waals surface area contributed by atoms with Crippen LogP contribution in [0.1, 0.15) is 12.6 Å². The number of aliphatic hydroxyl groups is 1. The van der Waals surface area contributed by atoms with Gasteiger partial charge in [-0.1, -0.05) is 18.2 Å². The zero-order valence-corrected chi connectivity index (χ0v) is 8.83. The summed E-state index contributed by atoms with van der Waals surface area (Å²) in [5, 5.41) is 10.3. The van der Waals surface area contributed by atoms with Crippen LogP contribution >= 0.6 is 0 Å². The van der Waals surface area contributed by atoms with Gasteiger partial charge in [0, 0.05) is 23.2 Å². The molecule has 15 heavy (non-hydrogen) atoms. The van der Waals surface area contributed by atoms with Crippen LogP contribution in [0, 0.1) is 0 Å². The maximum atomic E-state index is 9.09. The maximum absolute atomic E-state index is 9.09. The van der Waals surface area contributed by atoms with Gasteiger partial charge in [0.2, 0.25) is 0 Å². The quantitative estimate of drug-likeness (QED) is 0.708. The summed E-state index contributed by atoms with van der Waals surface area (Å²) >= 11 is 0. The van der Waals surface area contributed by atoms with E-state index >= 15 is 0 Å². The number of hydrogen-bond acceptors (Lipinski definition) is 2. The Hall–Kier alpha value is -1.32. The lowest BCUT2D eigenvalue weighted by molar-refractivity contribution is 0.207. The largest absolute Gasteiger partial charge is 0.394 e. The van der Waals surface area contributed by atoms with Crippen LogP contribution in [0.2, 0.25) is 0 Å². The minimum atomic E-state index is -0.555. The van der Waals surface area contributed by atoms with Crippen molar-refractivity contribution in [1.29, 1.82) is 0 Å². The van der Waals surface area contributed by atoms with E-state index < -0.39 is 5.54 Å². The molecule has 4 N–H and O–H groups in total. The van der Waals surface area contributed by atoms with E-state index in [0.29, 0.717) is 6.42 Å². The first-order valence-electron chi connectivity index (χ1n) is 5.07. The van der Waals surface area contributed by atoms with E-state index in [1.165, 1.54) is 5.39 Å². The highest BCUT2D eigenvalue weighted by Crippen LogP contribution is 2.17. The Morgan fingerprint density at radius 3 is 2.80 bits per heavy atom. The van der Waals surface area contributed by atoms with E-state index in [4.69, 9.17) is 10.8 Å². The molecular formula is C12H16N2O. The van der Waals surface area contributed by atoms with Gasteiger partial charge in [-0.15, -0.1) is 0 Å². The van der Waals surface area contributed by atoms with Gasteiger partial charge in [-0.2, -0.15) is 0 Å². The van der Waals surface area contributed by atoms with E-state index in [2.05, 4.69) is 17.1 Å². The third-order valence-electron chi connectivity index (χ3n) is 2.54. The molecule has 3 heteroatoms. The Labute approximate surface area is 88.9 Å². The van der Waals surface area contributed by atoms with Crippen molar-refractivity contribution in [3.05, 3.63) is 36.0 Å². The highest BCUT2D eigenvalue weighted by Gasteiger charge is 2.18. The Morgan fingerprint density at radius 2 is 2.13 bits per heavy atom. The third-order valence-corrected chi connectivity index (χ3v) is 2.54. The summed E-state index contributed by atoms with van der Waals surface area (Å²) in [4.78, 5) is 3.29. The molecule has 2 rings (SSSR count). The molecule has 1 atom stereocenters. The van der Waals surface area contributed by atoms with E-state index in [1.807, 2.05) is 25.1 Å². The number of benzene rings is 1. The average molecular weight is 204 g/mol. The summed E-state index contributed by atoms with van der Waals surface area (Å²) in [5.41, 5.74) is 7.52. The first kappa shape index (κ1) is 10.2. The van der Waals surface area contributed by atoms with Crippen molar-refractivity contribution >= 4 is 10.9 Å².